The van der Waals surface area contributed by atoms with Gasteiger partial charge < -0.3 is 15.2 Å². The maximum absolute atomic E-state index is 5.83. The molecule has 0 bridgehead atoms. The second-order valence-electron chi connectivity index (χ2n) is 3.13. The van der Waals surface area contributed by atoms with Crippen LogP contribution in [0.4, 0.5) is 0 Å². The molecule has 3 nitrogen and oxygen atoms in total. The third-order valence-electron chi connectivity index (χ3n) is 2.01. The molecule has 2 N–H and O–H groups in total. The van der Waals surface area contributed by atoms with Gasteiger partial charge in [-0.05, 0) is 32.0 Å². The van der Waals surface area contributed by atoms with Crippen LogP contribution in [0.15, 0.2) is 18.2 Å². The molecule has 78 valence electrons. The Balaban J connectivity index is 3.03. The molecule has 1 aromatic carbocycles. The maximum Gasteiger partial charge on any atom is 0.124 e. The van der Waals surface area contributed by atoms with E-state index in [1.807, 2.05) is 32.0 Å². The molecule has 0 spiro atoms. The number of rotatable bonds is 4. The molecule has 3 heteroatoms. The van der Waals surface area contributed by atoms with Crippen molar-refractivity contribution in [2.45, 2.75) is 19.9 Å². The summed E-state index contributed by atoms with van der Waals surface area (Å²) in [4.78, 5) is 0. The van der Waals surface area contributed by atoms with Crippen molar-refractivity contribution in [3.63, 3.8) is 0 Å². The zero-order valence-corrected chi connectivity index (χ0v) is 8.91. The normalized spacial score (nSPS) is 12.3. The molecule has 0 saturated carbocycles. The Morgan fingerprint density at radius 2 is 2.14 bits per heavy atom. The van der Waals surface area contributed by atoms with Crippen molar-refractivity contribution in [2.75, 3.05) is 13.7 Å². The average molecular weight is 195 g/mol. The van der Waals surface area contributed by atoms with Crippen molar-refractivity contribution in [1.29, 1.82) is 0 Å². The summed E-state index contributed by atoms with van der Waals surface area (Å²) >= 11 is 0. The van der Waals surface area contributed by atoms with E-state index in [2.05, 4.69) is 0 Å². The van der Waals surface area contributed by atoms with Crippen molar-refractivity contribution >= 4 is 0 Å². The van der Waals surface area contributed by atoms with E-state index in [4.69, 9.17) is 15.2 Å². The van der Waals surface area contributed by atoms with Crippen LogP contribution in [0.3, 0.4) is 0 Å². The summed E-state index contributed by atoms with van der Waals surface area (Å²) in [5.41, 5.74) is 6.81. The average Bonchev–Trinajstić information content (AvgIpc) is 2.18. The molecule has 1 unspecified atom stereocenters. The Morgan fingerprint density at radius 1 is 1.43 bits per heavy atom. The molecular formula is C11H17NO2. The van der Waals surface area contributed by atoms with Crippen molar-refractivity contribution in [2.24, 2.45) is 5.73 Å². The van der Waals surface area contributed by atoms with Gasteiger partial charge in [-0.3, -0.25) is 0 Å². The summed E-state index contributed by atoms with van der Waals surface area (Å²) in [6.45, 7) is 4.53. The molecule has 0 heterocycles. The smallest absolute Gasteiger partial charge is 0.124 e. The number of hydrogen-bond donors (Lipinski definition) is 1. The largest absolute Gasteiger partial charge is 0.497 e. The van der Waals surface area contributed by atoms with Gasteiger partial charge in [-0.1, -0.05) is 0 Å². The predicted octanol–water partition coefficient (Wildman–Crippen LogP) is 2.11. The van der Waals surface area contributed by atoms with Crippen LogP contribution in [0.2, 0.25) is 0 Å². The van der Waals surface area contributed by atoms with E-state index in [1.165, 1.54) is 0 Å². The first-order chi connectivity index (χ1) is 6.69. The molecule has 0 aliphatic heterocycles. The van der Waals surface area contributed by atoms with Crippen LogP contribution < -0.4 is 15.2 Å². The van der Waals surface area contributed by atoms with Crippen LogP contribution in [0, 0.1) is 0 Å². The van der Waals surface area contributed by atoms with Gasteiger partial charge in [0.1, 0.15) is 11.5 Å². The highest BCUT2D eigenvalue weighted by Gasteiger charge is 2.08. The van der Waals surface area contributed by atoms with Crippen molar-refractivity contribution in [1.82, 2.24) is 0 Å². The molecule has 0 saturated heterocycles. The van der Waals surface area contributed by atoms with E-state index in [0.717, 1.165) is 17.1 Å². The van der Waals surface area contributed by atoms with Gasteiger partial charge in [-0.2, -0.15) is 0 Å². The van der Waals surface area contributed by atoms with Gasteiger partial charge in [-0.15, -0.1) is 0 Å². The molecule has 1 rings (SSSR count). The van der Waals surface area contributed by atoms with Gasteiger partial charge in [0.15, 0.2) is 0 Å². The lowest BCUT2D eigenvalue weighted by atomic mass is 10.1. The lowest BCUT2D eigenvalue weighted by molar-refractivity contribution is 0.333. The second-order valence-corrected chi connectivity index (χ2v) is 3.13. The van der Waals surface area contributed by atoms with Crippen LogP contribution >= 0.6 is 0 Å². The Hall–Kier alpha value is -1.22. The Morgan fingerprint density at radius 3 is 2.64 bits per heavy atom. The summed E-state index contributed by atoms with van der Waals surface area (Å²) in [7, 11) is 1.64. The SMILES string of the molecule is CCOc1ccc(OC)cc1C(C)N. The highest BCUT2D eigenvalue weighted by molar-refractivity contribution is 5.41. The van der Waals surface area contributed by atoms with Gasteiger partial charge in [0.05, 0.1) is 13.7 Å². The first kappa shape index (κ1) is 10.9. The first-order valence-electron chi connectivity index (χ1n) is 4.75. The van der Waals surface area contributed by atoms with Gasteiger partial charge >= 0.3 is 0 Å². The number of nitrogens with two attached hydrogens (primary N) is 1. The van der Waals surface area contributed by atoms with E-state index in [-0.39, 0.29) is 6.04 Å². The number of methoxy groups -OCH3 is 1. The van der Waals surface area contributed by atoms with Gasteiger partial charge in [0, 0.05) is 11.6 Å². The van der Waals surface area contributed by atoms with E-state index < -0.39 is 0 Å². The molecular weight excluding hydrogens is 178 g/mol. The zero-order valence-electron chi connectivity index (χ0n) is 8.91. The summed E-state index contributed by atoms with van der Waals surface area (Å²) < 4.78 is 10.6. The summed E-state index contributed by atoms with van der Waals surface area (Å²) in [6, 6.07) is 5.62. The molecule has 1 aromatic rings. The van der Waals surface area contributed by atoms with Crippen LogP contribution in [0.5, 0.6) is 11.5 Å². The minimum atomic E-state index is -0.0494. The van der Waals surface area contributed by atoms with Crippen molar-refractivity contribution < 1.29 is 9.47 Å². The van der Waals surface area contributed by atoms with Crippen molar-refractivity contribution in [3.8, 4) is 11.5 Å². The summed E-state index contributed by atoms with van der Waals surface area (Å²) in [5.74, 6) is 1.64. The minimum Gasteiger partial charge on any atom is -0.497 e. The highest BCUT2D eigenvalue weighted by Crippen LogP contribution is 2.28. The molecule has 0 aromatic heterocycles. The Bertz CT molecular complexity index is 297. The van der Waals surface area contributed by atoms with Crippen LogP contribution in [0.1, 0.15) is 25.5 Å². The minimum absolute atomic E-state index is 0.0494. The zero-order chi connectivity index (χ0) is 10.6. The standard InChI is InChI=1S/C11H17NO2/c1-4-14-11-6-5-9(13-3)7-10(11)8(2)12/h5-8H,4,12H2,1-3H3. The number of ether oxygens (including phenoxy) is 2. The number of benzene rings is 1. The van der Waals surface area contributed by atoms with E-state index in [9.17, 15) is 0 Å². The second kappa shape index (κ2) is 4.86. The predicted molar refractivity (Wildman–Crippen MR) is 56.8 cm³/mol. The van der Waals surface area contributed by atoms with Crippen LogP contribution in [-0.4, -0.2) is 13.7 Å². The summed E-state index contributed by atoms with van der Waals surface area (Å²) in [6.07, 6.45) is 0. The highest BCUT2D eigenvalue weighted by atomic mass is 16.5. The molecule has 0 aliphatic rings. The topological polar surface area (TPSA) is 44.5 Å². The Labute approximate surface area is 84.8 Å². The monoisotopic (exact) mass is 195 g/mol. The molecule has 0 fully saturated rings. The molecule has 14 heavy (non-hydrogen) atoms. The van der Waals surface area contributed by atoms with Crippen LogP contribution in [-0.2, 0) is 0 Å². The quantitative estimate of drug-likeness (QED) is 0.800. The summed E-state index contributed by atoms with van der Waals surface area (Å²) in [5, 5.41) is 0. The van der Waals surface area contributed by atoms with E-state index >= 15 is 0 Å². The molecule has 0 aliphatic carbocycles. The lowest BCUT2D eigenvalue weighted by Gasteiger charge is -2.14. The van der Waals surface area contributed by atoms with E-state index in [1.54, 1.807) is 7.11 Å². The van der Waals surface area contributed by atoms with Crippen molar-refractivity contribution in [3.05, 3.63) is 23.8 Å². The van der Waals surface area contributed by atoms with Gasteiger partial charge in [0.25, 0.3) is 0 Å². The Kier molecular flexibility index (Phi) is 3.77. The molecule has 0 amide bonds. The van der Waals surface area contributed by atoms with Gasteiger partial charge in [-0.25, -0.2) is 0 Å². The fraction of sp³-hybridized carbons (Fsp3) is 0.455. The van der Waals surface area contributed by atoms with Gasteiger partial charge in [0.2, 0.25) is 0 Å². The van der Waals surface area contributed by atoms with Crippen LogP contribution in [0.25, 0.3) is 0 Å². The third-order valence-corrected chi connectivity index (χ3v) is 2.01. The lowest BCUT2D eigenvalue weighted by Crippen LogP contribution is -2.08. The first-order valence-corrected chi connectivity index (χ1v) is 4.75. The fourth-order valence-corrected chi connectivity index (χ4v) is 1.30. The third kappa shape index (κ3) is 2.39. The molecule has 0 radical (unpaired) electrons. The fourth-order valence-electron chi connectivity index (χ4n) is 1.30. The molecule has 1 atom stereocenters. The van der Waals surface area contributed by atoms with E-state index in [0.29, 0.717) is 6.61 Å². The maximum atomic E-state index is 5.83. The number of hydrogen-bond acceptors (Lipinski definition) is 3.